The molecule has 0 heterocycles. The molecule has 1 rings (SSSR count). The van der Waals surface area contributed by atoms with Gasteiger partial charge < -0.3 is 10.5 Å². The van der Waals surface area contributed by atoms with E-state index in [0.717, 1.165) is 0 Å². The molecule has 0 radical (unpaired) electrons. The van der Waals surface area contributed by atoms with Gasteiger partial charge in [-0.3, -0.25) is 10.1 Å². The smallest absolute Gasteiger partial charge is 0.312 e. The van der Waals surface area contributed by atoms with Crippen molar-refractivity contribution in [3.63, 3.8) is 0 Å². The Bertz CT molecular complexity index is 464. The maximum Gasteiger partial charge on any atom is 0.312 e. The van der Waals surface area contributed by atoms with E-state index in [-0.39, 0.29) is 28.1 Å². The number of rotatable bonds is 5. The van der Waals surface area contributed by atoms with Gasteiger partial charge >= 0.3 is 5.69 Å². The van der Waals surface area contributed by atoms with Crippen LogP contribution in [0.4, 0.5) is 5.69 Å². The molecule has 5 nitrogen and oxygen atoms in total. The van der Waals surface area contributed by atoms with Gasteiger partial charge in [0, 0.05) is 17.7 Å². The quantitative estimate of drug-likeness (QED) is 0.666. The Morgan fingerprint density at radius 2 is 2.00 bits per heavy atom. The Kier molecular flexibility index (Phi) is 4.78. The van der Waals surface area contributed by atoms with Gasteiger partial charge in [-0.1, -0.05) is 30.1 Å². The third-order valence-corrected chi connectivity index (χ3v) is 3.29. The molecule has 0 aromatic heterocycles. The number of nitrogens with two attached hydrogens (primary N) is 1. The minimum atomic E-state index is -0.572. The van der Waals surface area contributed by atoms with Crippen molar-refractivity contribution in [3.05, 3.63) is 32.3 Å². The van der Waals surface area contributed by atoms with Crippen molar-refractivity contribution in [2.75, 3.05) is 6.61 Å². The van der Waals surface area contributed by atoms with Crippen molar-refractivity contribution in [1.82, 2.24) is 0 Å². The summed E-state index contributed by atoms with van der Waals surface area (Å²) in [6.45, 7) is 3.87. The average molecular weight is 293 g/mol. The molecular weight excluding hydrogens is 279 g/mol. The Labute approximate surface area is 115 Å². The Balaban J connectivity index is 3.01. The molecule has 0 aliphatic rings. The number of nitro benzene ring substituents is 1. The molecule has 0 aliphatic carbocycles. The Morgan fingerprint density at radius 3 is 2.50 bits per heavy atom. The third kappa shape index (κ3) is 3.73. The van der Waals surface area contributed by atoms with Crippen molar-refractivity contribution < 1.29 is 9.66 Å². The van der Waals surface area contributed by atoms with E-state index in [4.69, 9.17) is 33.7 Å². The lowest BCUT2D eigenvalue weighted by molar-refractivity contribution is -0.385. The SMILES string of the molecule is CCC(C)(N)COc1cc(Cl)c(Cl)cc1[N+](=O)[O-]. The number of halogens is 2. The highest BCUT2D eigenvalue weighted by Gasteiger charge is 2.22. The van der Waals surface area contributed by atoms with E-state index in [2.05, 4.69) is 0 Å². The number of nitro groups is 1. The highest BCUT2D eigenvalue weighted by molar-refractivity contribution is 6.42. The fourth-order valence-electron chi connectivity index (χ4n) is 1.12. The second-order valence-electron chi connectivity index (χ2n) is 4.29. The number of hydrogen-bond donors (Lipinski definition) is 1. The van der Waals surface area contributed by atoms with Gasteiger partial charge in [0.2, 0.25) is 0 Å². The van der Waals surface area contributed by atoms with Gasteiger partial charge in [0.1, 0.15) is 6.61 Å². The van der Waals surface area contributed by atoms with Crippen molar-refractivity contribution in [2.45, 2.75) is 25.8 Å². The summed E-state index contributed by atoms with van der Waals surface area (Å²) in [5, 5.41) is 11.2. The monoisotopic (exact) mass is 292 g/mol. The molecule has 0 saturated heterocycles. The normalized spacial score (nSPS) is 14.1. The summed E-state index contributed by atoms with van der Waals surface area (Å²) in [5.41, 5.74) is 5.12. The fraction of sp³-hybridized carbons (Fsp3) is 0.455. The van der Waals surface area contributed by atoms with E-state index in [0.29, 0.717) is 6.42 Å². The topological polar surface area (TPSA) is 78.4 Å². The molecule has 0 saturated carbocycles. The number of nitrogens with zero attached hydrogens (tertiary/aromatic N) is 1. The van der Waals surface area contributed by atoms with Gasteiger partial charge in [0.25, 0.3) is 0 Å². The van der Waals surface area contributed by atoms with Crippen LogP contribution in [-0.4, -0.2) is 17.1 Å². The van der Waals surface area contributed by atoms with Crippen LogP contribution in [-0.2, 0) is 0 Å². The third-order valence-electron chi connectivity index (χ3n) is 2.56. The van der Waals surface area contributed by atoms with Crippen LogP contribution in [0.5, 0.6) is 5.75 Å². The van der Waals surface area contributed by atoms with E-state index in [1.54, 1.807) is 6.92 Å². The summed E-state index contributed by atoms with van der Waals surface area (Å²) in [4.78, 5) is 10.3. The van der Waals surface area contributed by atoms with Gasteiger partial charge in [-0.15, -0.1) is 0 Å². The van der Waals surface area contributed by atoms with Crippen LogP contribution in [0.2, 0.25) is 10.0 Å². The van der Waals surface area contributed by atoms with E-state index >= 15 is 0 Å². The van der Waals surface area contributed by atoms with Crippen LogP contribution < -0.4 is 10.5 Å². The molecule has 2 N–H and O–H groups in total. The van der Waals surface area contributed by atoms with Crippen molar-refractivity contribution >= 4 is 28.9 Å². The van der Waals surface area contributed by atoms with Gasteiger partial charge in [-0.2, -0.15) is 0 Å². The highest BCUT2D eigenvalue weighted by atomic mass is 35.5. The summed E-state index contributed by atoms with van der Waals surface area (Å²) >= 11 is 11.5. The van der Waals surface area contributed by atoms with Crippen molar-refractivity contribution in [1.29, 1.82) is 0 Å². The second kappa shape index (κ2) is 5.73. The average Bonchev–Trinajstić information content (AvgIpc) is 2.30. The molecule has 0 aliphatic heterocycles. The lowest BCUT2D eigenvalue weighted by atomic mass is 10.0. The molecule has 0 amide bonds. The van der Waals surface area contributed by atoms with Crippen LogP contribution in [0.1, 0.15) is 20.3 Å². The van der Waals surface area contributed by atoms with Crippen LogP contribution in [0.25, 0.3) is 0 Å². The Hall–Kier alpha value is -1.04. The summed E-state index contributed by atoms with van der Waals surface area (Å²) in [7, 11) is 0. The molecule has 1 aromatic carbocycles. The molecule has 0 bridgehead atoms. The fourth-order valence-corrected chi connectivity index (χ4v) is 1.43. The molecule has 1 aromatic rings. The predicted molar refractivity (Wildman–Crippen MR) is 71.5 cm³/mol. The molecule has 7 heteroatoms. The lowest BCUT2D eigenvalue weighted by Crippen LogP contribution is -2.41. The van der Waals surface area contributed by atoms with Gasteiger partial charge in [0.15, 0.2) is 5.75 Å². The zero-order valence-corrected chi connectivity index (χ0v) is 11.6. The summed E-state index contributed by atoms with van der Waals surface area (Å²) < 4.78 is 5.38. The van der Waals surface area contributed by atoms with Crippen LogP contribution in [0, 0.1) is 10.1 Å². The number of ether oxygens (including phenoxy) is 1. The lowest BCUT2D eigenvalue weighted by Gasteiger charge is -2.22. The van der Waals surface area contributed by atoms with E-state index < -0.39 is 10.5 Å². The first-order valence-corrected chi connectivity index (χ1v) is 6.07. The summed E-state index contributed by atoms with van der Waals surface area (Å²) in [6.07, 6.45) is 0.683. The first-order valence-electron chi connectivity index (χ1n) is 5.32. The highest BCUT2D eigenvalue weighted by Crippen LogP contribution is 2.35. The van der Waals surface area contributed by atoms with Crippen LogP contribution >= 0.6 is 23.2 Å². The molecule has 1 atom stereocenters. The molecular formula is C11H14Cl2N2O3. The first-order chi connectivity index (χ1) is 8.26. The zero-order valence-electron chi connectivity index (χ0n) is 10.1. The van der Waals surface area contributed by atoms with E-state index in [1.807, 2.05) is 6.92 Å². The molecule has 1 unspecified atom stereocenters. The zero-order chi connectivity index (χ0) is 13.9. The molecule has 18 heavy (non-hydrogen) atoms. The minimum Gasteiger partial charge on any atom is -0.485 e. The first kappa shape index (κ1) is 15.0. The maximum atomic E-state index is 10.9. The summed E-state index contributed by atoms with van der Waals surface area (Å²) in [6, 6.07) is 2.49. The van der Waals surface area contributed by atoms with Crippen molar-refractivity contribution in [2.24, 2.45) is 5.73 Å². The standard InChI is InChI=1S/C11H14Cl2N2O3/c1-3-11(2,14)6-18-10-5-8(13)7(12)4-9(10)15(16)17/h4-5H,3,6,14H2,1-2H3. The maximum absolute atomic E-state index is 10.9. The largest absolute Gasteiger partial charge is 0.485 e. The van der Waals surface area contributed by atoms with Gasteiger partial charge in [-0.25, -0.2) is 0 Å². The van der Waals surface area contributed by atoms with Crippen LogP contribution in [0.3, 0.4) is 0 Å². The second-order valence-corrected chi connectivity index (χ2v) is 5.10. The Morgan fingerprint density at radius 1 is 1.44 bits per heavy atom. The van der Waals surface area contributed by atoms with Crippen molar-refractivity contribution in [3.8, 4) is 5.75 Å². The minimum absolute atomic E-state index is 0.0690. The molecule has 0 fully saturated rings. The molecule has 0 spiro atoms. The number of hydrogen-bond acceptors (Lipinski definition) is 4. The van der Waals surface area contributed by atoms with Gasteiger partial charge in [0.05, 0.1) is 15.0 Å². The van der Waals surface area contributed by atoms with Gasteiger partial charge in [-0.05, 0) is 13.3 Å². The van der Waals surface area contributed by atoms with E-state index in [1.165, 1.54) is 12.1 Å². The predicted octanol–water partition coefficient (Wildman–Crippen LogP) is 3.41. The van der Waals surface area contributed by atoms with E-state index in [9.17, 15) is 10.1 Å². The molecule has 100 valence electrons. The summed E-state index contributed by atoms with van der Waals surface area (Å²) in [5.74, 6) is 0.0690. The number of benzene rings is 1. The van der Waals surface area contributed by atoms with Crippen LogP contribution in [0.15, 0.2) is 12.1 Å².